The molecule has 0 aliphatic carbocycles. The van der Waals surface area contributed by atoms with E-state index in [9.17, 15) is 32.7 Å². The second kappa shape index (κ2) is 14.4. The average Bonchev–Trinajstić information content (AvgIpc) is 3.02. The predicted molar refractivity (Wildman–Crippen MR) is 166 cm³/mol. The Morgan fingerprint density at radius 3 is 2.28 bits per heavy atom. The van der Waals surface area contributed by atoms with Crippen molar-refractivity contribution in [3.8, 4) is 11.5 Å². The van der Waals surface area contributed by atoms with Crippen molar-refractivity contribution >= 4 is 35.0 Å². The van der Waals surface area contributed by atoms with Crippen molar-refractivity contribution in [2.75, 3.05) is 49.8 Å². The van der Waals surface area contributed by atoms with Gasteiger partial charge in [-0.1, -0.05) is 13.0 Å². The van der Waals surface area contributed by atoms with Crippen molar-refractivity contribution < 1.29 is 42.1 Å². The van der Waals surface area contributed by atoms with Crippen LogP contribution in [-0.4, -0.2) is 78.9 Å². The van der Waals surface area contributed by atoms with Crippen molar-refractivity contribution in [1.82, 2.24) is 9.80 Å². The first-order chi connectivity index (χ1) is 21.8. The number of alkyl halides is 3. The Morgan fingerprint density at radius 1 is 1.04 bits per heavy atom. The van der Waals surface area contributed by atoms with Gasteiger partial charge in [0.15, 0.2) is 5.75 Å². The van der Waals surface area contributed by atoms with E-state index in [-0.39, 0.29) is 48.3 Å². The number of nitrogens with one attached hydrogen (secondary N) is 3. The molecule has 246 valence electrons. The highest BCUT2D eigenvalue weighted by molar-refractivity contribution is 6.04. The van der Waals surface area contributed by atoms with Gasteiger partial charge in [-0.2, -0.15) is 13.2 Å². The van der Waals surface area contributed by atoms with Gasteiger partial charge in [-0.3, -0.25) is 4.79 Å². The van der Waals surface area contributed by atoms with E-state index in [0.717, 1.165) is 24.3 Å². The number of urea groups is 2. The third kappa shape index (κ3) is 8.18. The number of aliphatic hydroxyl groups excluding tert-OH is 1. The molecular formula is C32H36F3N5O6. The number of rotatable bonds is 8. The van der Waals surface area contributed by atoms with Crippen LogP contribution >= 0.6 is 0 Å². The van der Waals surface area contributed by atoms with Gasteiger partial charge in [-0.25, -0.2) is 9.59 Å². The number of benzene rings is 3. The predicted octanol–water partition coefficient (Wildman–Crippen LogP) is 5.74. The summed E-state index contributed by atoms with van der Waals surface area (Å²) in [6.45, 7) is 3.56. The number of aliphatic hydroxyl groups is 1. The van der Waals surface area contributed by atoms with Crippen LogP contribution in [0.15, 0.2) is 66.7 Å². The zero-order chi connectivity index (χ0) is 33.6. The van der Waals surface area contributed by atoms with Crippen LogP contribution < -0.4 is 25.4 Å². The van der Waals surface area contributed by atoms with Crippen molar-refractivity contribution in [2.24, 2.45) is 5.92 Å². The fourth-order valence-corrected chi connectivity index (χ4v) is 4.83. The lowest BCUT2D eigenvalue weighted by Crippen LogP contribution is -2.50. The van der Waals surface area contributed by atoms with Gasteiger partial charge >= 0.3 is 18.2 Å². The normalized spacial score (nSPS) is 17.0. The highest BCUT2D eigenvalue weighted by Gasteiger charge is 2.35. The summed E-state index contributed by atoms with van der Waals surface area (Å²) in [7, 11) is 3.13. The first kappa shape index (κ1) is 33.9. The summed E-state index contributed by atoms with van der Waals surface area (Å²) in [4.78, 5) is 42.7. The second-order valence-electron chi connectivity index (χ2n) is 11.0. The molecule has 0 unspecified atom stereocenters. The molecule has 46 heavy (non-hydrogen) atoms. The topological polar surface area (TPSA) is 132 Å². The Morgan fingerprint density at radius 2 is 1.67 bits per heavy atom. The third-order valence-electron chi connectivity index (χ3n) is 7.55. The average molecular weight is 644 g/mol. The standard InChI is InChI=1S/C32H36F3N5O6/c1-19-16-40(20(2)18-41)29(42)25-6-5-7-26(38-30(43)36-22-10-8-21(9-11-22)32(33,34)35)28(25)46-27(19)17-39(3)31(44)37-23-12-14-24(45-4)15-13-23/h5-15,19-20,27,41H,16-18H2,1-4H3,(H,37,44)(H2,36,38,43)/t19-,20-,27+/m1/s1. The summed E-state index contributed by atoms with van der Waals surface area (Å²) < 4.78 is 50.4. The highest BCUT2D eigenvalue weighted by Crippen LogP contribution is 2.35. The largest absolute Gasteiger partial charge is 0.497 e. The molecule has 0 spiro atoms. The van der Waals surface area contributed by atoms with Crippen LogP contribution in [0.4, 0.5) is 39.8 Å². The molecule has 3 aromatic rings. The molecule has 3 aromatic carbocycles. The number of nitrogens with zero attached hydrogens (tertiary/aromatic N) is 2. The maximum absolute atomic E-state index is 13.7. The van der Waals surface area contributed by atoms with Gasteiger partial charge in [-0.05, 0) is 67.6 Å². The minimum atomic E-state index is -4.52. The molecule has 1 aliphatic rings. The fraction of sp³-hybridized carbons (Fsp3) is 0.344. The number of methoxy groups -OCH3 is 1. The van der Waals surface area contributed by atoms with Crippen LogP contribution in [0.1, 0.15) is 29.8 Å². The summed E-state index contributed by atoms with van der Waals surface area (Å²) in [5.41, 5.74) is 0.0411. The molecule has 14 heteroatoms. The summed E-state index contributed by atoms with van der Waals surface area (Å²) in [6.07, 6.45) is -5.20. The number of hydrogen-bond donors (Lipinski definition) is 4. The van der Waals surface area contributed by atoms with Gasteiger partial charge in [0.05, 0.1) is 43.1 Å². The molecular weight excluding hydrogens is 607 g/mol. The number of likely N-dealkylation sites (N-methyl/N-ethyl adjacent to an activating group) is 1. The van der Waals surface area contributed by atoms with E-state index in [0.29, 0.717) is 11.4 Å². The molecule has 3 atom stereocenters. The molecule has 11 nitrogen and oxygen atoms in total. The van der Waals surface area contributed by atoms with E-state index in [1.807, 2.05) is 6.92 Å². The van der Waals surface area contributed by atoms with Crippen LogP contribution in [0.25, 0.3) is 0 Å². The Hall–Kier alpha value is -4.98. The smallest absolute Gasteiger partial charge is 0.416 e. The molecule has 4 N–H and O–H groups in total. The number of carbonyl (C=O) groups is 3. The van der Waals surface area contributed by atoms with Crippen molar-refractivity contribution in [2.45, 2.75) is 32.2 Å². The molecule has 1 aliphatic heterocycles. The summed E-state index contributed by atoms with van der Waals surface area (Å²) in [5.74, 6) is -0.0863. The minimum Gasteiger partial charge on any atom is -0.497 e. The van der Waals surface area contributed by atoms with Crippen LogP contribution in [0.5, 0.6) is 11.5 Å². The van der Waals surface area contributed by atoms with Crippen LogP contribution in [0, 0.1) is 5.92 Å². The lowest BCUT2D eigenvalue weighted by molar-refractivity contribution is -0.137. The Kier molecular flexibility index (Phi) is 10.6. The minimum absolute atomic E-state index is 0.0470. The van der Waals surface area contributed by atoms with E-state index in [2.05, 4.69) is 16.0 Å². The molecule has 0 saturated heterocycles. The van der Waals surface area contributed by atoms with Gasteiger partial charge in [0.25, 0.3) is 5.91 Å². The molecule has 0 saturated carbocycles. The molecule has 0 radical (unpaired) electrons. The van der Waals surface area contributed by atoms with Crippen LogP contribution in [0.2, 0.25) is 0 Å². The zero-order valence-electron chi connectivity index (χ0n) is 25.7. The van der Waals surface area contributed by atoms with Gasteiger partial charge < -0.3 is 40.3 Å². The van der Waals surface area contributed by atoms with E-state index in [1.165, 1.54) is 21.9 Å². The maximum atomic E-state index is 13.7. The number of para-hydroxylation sites is 1. The molecule has 0 fully saturated rings. The second-order valence-corrected chi connectivity index (χ2v) is 11.0. The van der Waals surface area contributed by atoms with E-state index in [1.54, 1.807) is 51.4 Å². The Labute approximate surface area is 264 Å². The number of carbonyl (C=O) groups excluding carboxylic acids is 3. The van der Waals surface area contributed by atoms with E-state index in [4.69, 9.17) is 9.47 Å². The van der Waals surface area contributed by atoms with Crippen molar-refractivity contribution in [3.05, 3.63) is 77.9 Å². The van der Waals surface area contributed by atoms with Gasteiger partial charge in [0, 0.05) is 30.9 Å². The number of hydrogen-bond acceptors (Lipinski definition) is 6. The van der Waals surface area contributed by atoms with E-state index >= 15 is 0 Å². The molecule has 4 rings (SSSR count). The number of amides is 5. The lowest BCUT2D eigenvalue weighted by atomic mass is 9.99. The Bertz CT molecular complexity index is 1530. The maximum Gasteiger partial charge on any atom is 0.416 e. The molecule has 5 amide bonds. The highest BCUT2D eigenvalue weighted by atomic mass is 19.4. The van der Waals surface area contributed by atoms with Gasteiger partial charge in [0.1, 0.15) is 11.9 Å². The SMILES string of the molecule is COc1ccc(NC(=O)N(C)C[C@@H]2Oc3c(NC(=O)Nc4ccc(C(F)(F)F)cc4)cccc3C(=O)N([C@H](C)CO)C[C@H]2C)cc1. The number of fused-ring (bicyclic) bond motifs is 1. The zero-order valence-corrected chi connectivity index (χ0v) is 25.7. The summed E-state index contributed by atoms with van der Waals surface area (Å²) in [5, 5.41) is 17.8. The number of ether oxygens (including phenoxy) is 2. The first-order valence-electron chi connectivity index (χ1n) is 14.4. The van der Waals surface area contributed by atoms with Crippen LogP contribution in [-0.2, 0) is 6.18 Å². The van der Waals surface area contributed by atoms with Crippen LogP contribution in [0.3, 0.4) is 0 Å². The molecule has 1 heterocycles. The molecule has 0 bridgehead atoms. The quantitative estimate of drug-likeness (QED) is 0.248. The lowest BCUT2D eigenvalue weighted by Gasteiger charge is -2.38. The monoisotopic (exact) mass is 643 g/mol. The third-order valence-corrected chi connectivity index (χ3v) is 7.55. The van der Waals surface area contributed by atoms with Crippen molar-refractivity contribution in [1.29, 1.82) is 0 Å². The van der Waals surface area contributed by atoms with Gasteiger partial charge in [-0.15, -0.1) is 0 Å². The summed E-state index contributed by atoms with van der Waals surface area (Å²) in [6, 6.07) is 13.6. The van der Waals surface area contributed by atoms with Gasteiger partial charge in [0.2, 0.25) is 0 Å². The number of halogens is 3. The fourth-order valence-electron chi connectivity index (χ4n) is 4.83. The van der Waals surface area contributed by atoms with Crippen molar-refractivity contribution in [3.63, 3.8) is 0 Å². The van der Waals surface area contributed by atoms with E-state index < -0.39 is 41.9 Å². The molecule has 0 aromatic heterocycles. The number of anilines is 3. The summed E-state index contributed by atoms with van der Waals surface area (Å²) >= 11 is 0. The Balaban J connectivity index is 1.58. The first-order valence-corrected chi connectivity index (χ1v) is 14.4.